The van der Waals surface area contributed by atoms with Crippen LogP contribution in [0.2, 0.25) is 0 Å². The van der Waals surface area contributed by atoms with Crippen molar-refractivity contribution in [1.82, 2.24) is 0 Å². The van der Waals surface area contributed by atoms with Crippen LogP contribution in [0.15, 0.2) is 46.4 Å². The minimum atomic E-state index is -0.907. The van der Waals surface area contributed by atoms with Crippen LogP contribution >= 0.6 is 0 Å². The Morgan fingerprint density at radius 2 is 1.71 bits per heavy atom. The van der Waals surface area contributed by atoms with Crippen molar-refractivity contribution in [2.45, 2.75) is 38.8 Å². The topological polar surface area (TPSA) is 82.2 Å². The molecule has 0 unspecified atom stereocenters. The van der Waals surface area contributed by atoms with Crippen molar-refractivity contribution in [2.75, 3.05) is 0 Å². The van der Waals surface area contributed by atoms with E-state index < -0.39 is 12.1 Å². The summed E-state index contributed by atoms with van der Waals surface area (Å²) in [6.07, 6.45) is -0.645. The molecule has 0 atom stereocenters. The van der Waals surface area contributed by atoms with Gasteiger partial charge in [0.1, 0.15) is 5.75 Å². The molecule has 5 nitrogen and oxygen atoms in total. The number of carboxylic acids is 1. The highest BCUT2D eigenvalue weighted by Gasteiger charge is 2.26. The van der Waals surface area contributed by atoms with Crippen LogP contribution in [0.1, 0.15) is 43.6 Å². The normalized spacial score (nSPS) is 14.0. The van der Waals surface area contributed by atoms with Crippen molar-refractivity contribution < 1.29 is 15.0 Å². The smallest absolute Gasteiger partial charge is 0.307 e. The Labute approximate surface area is 140 Å². The molecule has 0 bridgehead atoms. The van der Waals surface area contributed by atoms with Crippen molar-refractivity contribution >= 4 is 5.97 Å². The quantitative estimate of drug-likeness (QED) is 0.908. The van der Waals surface area contributed by atoms with E-state index in [-0.39, 0.29) is 17.6 Å². The van der Waals surface area contributed by atoms with E-state index in [0.717, 1.165) is 10.7 Å². The lowest BCUT2D eigenvalue weighted by atomic mass is 9.83. The van der Waals surface area contributed by atoms with Gasteiger partial charge in [0.05, 0.1) is 17.1 Å². The molecule has 0 aliphatic carbocycles. The SMILES string of the molecule is CC(C)(C)c1cc(CC(=O)O)cc(C2N=c3ccccc3=N2)c1O. The zero-order chi connectivity index (χ0) is 17.5. The molecule has 0 aromatic heterocycles. The van der Waals surface area contributed by atoms with E-state index in [2.05, 4.69) is 9.98 Å². The second-order valence-electron chi connectivity index (χ2n) is 7.02. The number of hydrogen-bond donors (Lipinski definition) is 2. The number of benzene rings is 2. The van der Waals surface area contributed by atoms with Gasteiger partial charge in [0.15, 0.2) is 6.17 Å². The fraction of sp³-hybridized carbons (Fsp3) is 0.316. The predicted molar refractivity (Wildman–Crippen MR) is 89.6 cm³/mol. The first-order chi connectivity index (χ1) is 11.3. The minimum Gasteiger partial charge on any atom is -0.507 e. The van der Waals surface area contributed by atoms with Crippen LogP contribution < -0.4 is 10.7 Å². The number of hydrogen-bond acceptors (Lipinski definition) is 4. The van der Waals surface area contributed by atoms with Gasteiger partial charge in [-0.05, 0) is 34.7 Å². The predicted octanol–water partition coefficient (Wildman–Crippen LogP) is 2.27. The third kappa shape index (κ3) is 3.02. The van der Waals surface area contributed by atoms with E-state index >= 15 is 0 Å². The molecule has 1 aliphatic rings. The highest BCUT2D eigenvalue weighted by Crippen LogP contribution is 2.38. The summed E-state index contributed by atoms with van der Waals surface area (Å²) < 4.78 is 0. The molecule has 1 aliphatic heterocycles. The van der Waals surface area contributed by atoms with Gasteiger partial charge in [-0.15, -0.1) is 0 Å². The number of aromatic hydroxyl groups is 1. The van der Waals surface area contributed by atoms with E-state index in [1.54, 1.807) is 12.1 Å². The van der Waals surface area contributed by atoms with Crippen LogP contribution in [-0.2, 0) is 16.6 Å². The number of phenols is 1. The first-order valence-corrected chi connectivity index (χ1v) is 7.84. The summed E-state index contributed by atoms with van der Waals surface area (Å²) in [5, 5.41) is 21.4. The van der Waals surface area contributed by atoms with Crippen molar-refractivity contribution in [1.29, 1.82) is 0 Å². The fourth-order valence-corrected chi connectivity index (χ4v) is 2.88. The lowest BCUT2D eigenvalue weighted by Gasteiger charge is -2.24. The molecule has 0 radical (unpaired) electrons. The molecule has 1 heterocycles. The molecular formula is C19H20N2O3. The lowest BCUT2D eigenvalue weighted by Crippen LogP contribution is -2.19. The summed E-state index contributed by atoms with van der Waals surface area (Å²) in [4.78, 5) is 20.2. The Hall–Kier alpha value is -2.69. The largest absolute Gasteiger partial charge is 0.507 e. The number of fused-ring (bicyclic) bond motifs is 1. The van der Waals surface area contributed by atoms with E-state index in [9.17, 15) is 9.90 Å². The molecular weight excluding hydrogens is 304 g/mol. The van der Waals surface area contributed by atoms with Crippen LogP contribution in [0.5, 0.6) is 5.75 Å². The van der Waals surface area contributed by atoms with Crippen molar-refractivity contribution in [3.63, 3.8) is 0 Å². The fourth-order valence-electron chi connectivity index (χ4n) is 2.88. The van der Waals surface area contributed by atoms with Gasteiger partial charge in [0.25, 0.3) is 0 Å². The molecule has 0 saturated heterocycles. The Morgan fingerprint density at radius 3 is 2.21 bits per heavy atom. The monoisotopic (exact) mass is 324 g/mol. The average Bonchev–Trinajstić information content (AvgIpc) is 2.90. The van der Waals surface area contributed by atoms with Gasteiger partial charge in [-0.2, -0.15) is 0 Å². The van der Waals surface area contributed by atoms with Crippen LogP contribution in [0.3, 0.4) is 0 Å². The molecule has 0 fully saturated rings. The van der Waals surface area contributed by atoms with Crippen LogP contribution in [0.25, 0.3) is 0 Å². The number of phenolic OH excluding ortho intramolecular Hbond substituents is 1. The highest BCUT2D eigenvalue weighted by atomic mass is 16.4. The maximum Gasteiger partial charge on any atom is 0.307 e. The Bertz CT molecular complexity index is 892. The maximum atomic E-state index is 11.1. The van der Waals surface area contributed by atoms with Gasteiger partial charge < -0.3 is 10.2 Å². The summed E-state index contributed by atoms with van der Waals surface area (Å²) in [7, 11) is 0. The Balaban J connectivity index is 2.17. The molecule has 3 rings (SSSR count). The van der Waals surface area contributed by atoms with Crippen LogP contribution in [-0.4, -0.2) is 16.2 Å². The summed E-state index contributed by atoms with van der Waals surface area (Å²) in [5.74, 6) is -0.767. The Morgan fingerprint density at radius 1 is 1.12 bits per heavy atom. The lowest BCUT2D eigenvalue weighted by molar-refractivity contribution is -0.136. The molecule has 2 aromatic rings. The third-order valence-corrected chi connectivity index (χ3v) is 4.05. The number of carboxylic acid groups (broad SMARTS) is 1. The number of para-hydroxylation sites is 2. The molecule has 124 valence electrons. The number of nitrogens with zero attached hydrogens (tertiary/aromatic N) is 2. The first-order valence-electron chi connectivity index (χ1n) is 7.84. The van der Waals surface area contributed by atoms with Crippen molar-refractivity contribution in [2.24, 2.45) is 9.98 Å². The summed E-state index contributed by atoms with van der Waals surface area (Å²) in [5.41, 5.74) is 1.58. The van der Waals surface area contributed by atoms with E-state index in [1.807, 2.05) is 45.0 Å². The van der Waals surface area contributed by atoms with Gasteiger partial charge in [-0.25, -0.2) is 0 Å². The average molecular weight is 324 g/mol. The van der Waals surface area contributed by atoms with Crippen molar-refractivity contribution in [3.8, 4) is 5.75 Å². The summed E-state index contributed by atoms with van der Waals surface area (Å²) in [6, 6.07) is 11.0. The second-order valence-corrected chi connectivity index (χ2v) is 7.02. The van der Waals surface area contributed by atoms with E-state index in [0.29, 0.717) is 16.7 Å². The van der Waals surface area contributed by atoms with Crippen LogP contribution in [0, 0.1) is 0 Å². The van der Waals surface area contributed by atoms with Gasteiger partial charge in [-0.1, -0.05) is 39.0 Å². The zero-order valence-electron chi connectivity index (χ0n) is 13.9. The zero-order valence-corrected chi connectivity index (χ0v) is 13.9. The van der Waals surface area contributed by atoms with Crippen LogP contribution in [0.4, 0.5) is 0 Å². The third-order valence-electron chi connectivity index (χ3n) is 4.05. The minimum absolute atomic E-state index is 0.101. The number of carbonyl (C=O) groups is 1. The van der Waals surface area contributed by atoms with Gasteiger partial charge in [0.2, 0.25) is 0 Å². The van der Waals surface area contributed by atoms with Crippen molar-refractivity contribution in [3.05, 3.63) is 63.8 Å². The number of rotatable bonds is 3. The van der Waals surface area contributed by atoms with Gasteiger partial charge in [-0.3, -0.25) is 14.8 Å². The highest BCUT2D eigenvalue weighted by molar-refractivity contribution is 5.71. The molecule has 0 amide bonds. The first kappa shape index (κ1) is 16.2. The van der Waals surface area contributed by atoms with E-state index in [1.165, 1.54) is 0 Å². The van der Waals surface area contributed by atoms with E-state index in [4.69, 9.17) is 5.11 Å². The molecule has 2 N–H and O–H groups in total. The molecule has 0 saturated carbocycles. The molecule has 0 spiro atoms. The molecule has 2 aromatic carbocycles. The van der Waals surface area contributed by atoms with Gasteiger partial charge in [0, 0.05) is 5.56 Å². The molecule has 24 heavy (non-hydrogen) atoms. The number of aliphatic carboxylic acids is 1. The molecule has 5 heteroatoms. The maximum absolute atomic E-state index is 11.1. The standard InChI is InChI=1S/C19H20N2O3/c1-19(2,3)13-9-11(10-16(22)23)8-12(17(13)24)18-20-14-6-4-5-7-15(14)21-18/h4-9,18,24H,10H2,1-3H3,(H,22,23). The summed E-state index contributed by atoms with van der Waals surface area (Å²) >= 11 is 0. The Kier molecular flexibility index (Phi) is 3.87. The van der Waals surface area contributed by atoms with Gasteiger partial charge >= 0.3 is 5.97 Å². The second kappa shape index (κ2) is 5.74. The summed E-state index contributed by atoms with van der Waals surface area (Å²) in [6.45, 7) is 5.94.